The third-order valence-corrected chi connectivity index (χ3v) is 9.23. The van der Waals surface area contributed by atoms with Gasteiger partial charge in [0.25, 0.3) is 0 Å². The molecule has 3 heterocycles. The second kappa shape index (κ2) is 14.3. The van der Waals surface area contributed by atoms with Gasteiger partial charge in [-0.05, 0) is 70.1 Å². The van der Waals surface area contributed by atoms with E-state index >= 15 is 0 Å². The summed E-state index contributed by atoms with van der Waals surface area (Å²) >= 11 is 6.45. The molecule has 0 atom stereocenters. The fourth-order valence-corrected chi connectivity index (χ4v) is 6.71. The van der Waals surface area contributed by atoms with Gasteiger partial charge in [0.1, 0.15) is 16.5 Å². The van der Waals surface area contributed by atoms with Gasteiger partial charge in [-0.3, -0.25) is 9.62 Å². The van der Waals surface area contributed by atoms with Crippen molar-refractivity contribution < 1.29 is 17.9 Å². The standard InChI is InChI=1S/C31H43ClN8O4S/c1-21-17-27(29(44-4)19-28(21)40-13-9-22(10-14-40)39-12-6-11-38(2)15-16-39)35-31-33-20-24(32)30(36-31)34-26-18-23(43-3)7-8-25(26)37-45(5,41)42/h7-8,17-20,22,37H,6,9-16H2,1-5H3,(H2,33,34,35,36). The number of aromatic nitrogens is 2. The van der Waals surface area contributed by atoms with Gasteiger partial charge in [-0.2, -0.15) is 4.98 Å². The lowest BCUT2D eigenvalue weighted by Crippen LogP contribution is -2.46. The predicted octanol–water partition coefficient (Wildman–Crippen LogP) is 4.92. The molecule has 1 aromatic heterocycles. The van der Waals surface area contributed by atoms with Gasteiger partial charge in [-0.25, -0.2) is 13.4 Å². The number of methoxy groups -OCH3 is 2. The Balaban J connectivity index is 1.31. The second-order valence-corrected chi connectivity index (χ2v) is 13.8. The first-order valence-corrected chi connectivity index (χ1v) is 17.4. The maximum Gasteiger partial charge on any atom is 0.229 e. The molecule has 14 heteroatoms. The van der Waals surface area contributed by atoms with E-state index in [0.29, 0.717) is 28.9 Å². The van der Waals surface area contributed by atoms with E-state index in [1.165, 1.54) is 32.8 Å². The van der Waals surface area contributed by atoms with Crippen molar-refractivity contribution in [3.8, 4) is 11.5 Å². The lowest BCUT2D eigenvalue weighted by molar-refractivity contribution is 0.174. The largest absolute Gasteiger partial charge is 0.497 e. The van der Waals surface area contributed by atoms with E-state index < -0.39 is 10.0 Å². The van der Waals surface area contributed by atoms with E-state index in [0.717, 1.165) is 62.2 Å². The highest BCUT2D eigenvalue weighted by Crippen LogP contribution is 2.37. The van der Waals surface area contributed by atoms with Gasteiger partial charge in [-0.1, -0.05) is 11.6 Å². The van der Waals surface area contributed by atoms with Gasteiger partial charge >= 0.3 is 0 Å². The van der Waals surface area contributed by atoms with E-state index in [-0.39, 0.29) is 16.8 Å². The van der Waals surface area contributed by atoms with Crippen molar-refractivity contribution in [2.45, 2.75) is 32.2 Å². The quantitative estimate of drug-likeness (QED) is 0.275. The van der Waals surface area contributed by atoms with Gasteiger partial charge < -0.3 is 29.9 Å². The molecule has 2 saturated heterocycles. The van der Waals surface area contributed by atoms with Crippen molar-refractivity contribution >= 4 is 56.1 Å². The summed E-state index contributed by atoms with van der Waals surface area (Å²) in [7, 11) is 1.86. The molecule has 5 rings (SSSR count). The molecular formula is C31H43ClN8O4S. The second-order valence-electron chi connectivity index (χ2n) is 11.7. The Hall–Kier alpha value is -3.52. The summed E-state index contributed by atoms with van der Waals surface area (Å²) in [5.74, 6) is 1.77. The van der Waals surface area contributed by atoms with Gasteiger partial charge in [0.2, 0.25) is 16.0 Å². The molecule has 0 saturated carbocycles. The van der Waals surface area contributed by atoms with Crippen LogP contribution in [0, 0.1) is 6.92 Å². The number of nitrogens with one attached hydrogen (secondary N) is 3. The Morgan fingerprint density at radius 3 is 2.42 bits per heavy atom. The van der Waals surface area contributed by atoms with Crippen molar-refractivity contribution in [2.75, 3.05) is 87.0 Å². The zero-order chi connectivity index (χ0) is 32.1. The van der Waals surface area contributed by atoms with E-state index in [9.17, 15) is 8.42 Å². The van der Waals surface area contributed by atoms with Crippen LogP contribution in [-0.4, -0.2) is 101 Å². The van der Waals surface area contributed by atoms with Gasteiger partial charge in [0.15, 0.2) is 5.82 Å². The van der Waals surface area contributed by atoms with Crippen LogP contribution >= 0.6 is 11.6 Å². The van der Waals surface area contributed by atoms with Crippen LogP contribution < -0.4 is 29.7 Å². The number of hydrogen-bond donors (Lipinski definition) is 3. The number of anilines is 6. The van der Waals surface area contributed by atoms with E-state index in [2.05, 4.69) is 60.1 Å². The number of halogens is 1. The van der Waals surface area contributed by atoms with Crippen molar-refractivity contribution in [2.24, 2.45) is 0 Å². The van der Waals surface area contributed by atoms with Crippen LogP contribution in [0.1, 0.15) is 24.8 Å². The molecule has 45 heavy (non-hydrogen) atoms. The summed E-state index contributed by atoms with van der Waals surface area (Å²) in [6.07, 6.45) is 6.09. The molecule has 2 aliphatic heterocycles. The zero-order valence-corrected chi connectivity index (χ0v) is 28.1. The molecule has 3 N–H and O–H groups in total. The number of nitrogens with zero attached hydrogens (tertiary/aromatic N) is 5. The lowest BCUT2D eigenvalue weighted by atomic mass is 10.0. The number of piperidine rings is 1. The molecule has 3 aromatic rings. The Morgan fingerprint density at radius 2 is 1.71 bits per heavy atom. The molecule has 0 spiro atoms. The average molecular weight is 659 g/mol. The minimum Gasteiger partial charge on any atom is -0.497 e. The molecule has 0 amide bonds. The minimum absolute atomic E-state index is 0.253. The molecule has 2 aliphatic rings. The zero-order valence-electron chi connectivity index (χ0n) is 26.6. The number of rotatable bonds is 10. The van der Waals surface area contributed by atoms with Crippen LogP contribution in [0.3, 0.4) is 0 Å². The normalized spacial score (nSPS) is 17.1. The van der Waals surface area contributed by atoms with Crippen LogP contribution in [0.5, 0.6) is 11.5 Å². The van der Waals surface area contributed by atoms with Crippen molar-refractivity contribution in [3.63, 3.8) is 0 Å². The number of ether oxygens (including phenoxy) is 2. The van der Waals surface area contributed by atoms with Crippen molar-refractivity contribution in [3.05, 3.63) is 47.1 Å². The van der Waals surface area contributed by atoms with E-state index in [1.54, 1.807) is 25.3 Å². The smallest absolute Gasteiger partial charge is 0.229 e. The predicted molar refractivity (Wildman–Crippen MR) is 182 cm³/mol. The molecule has 0 unspecified atom stereocenters. The third-order valence-electron chi connectivity index (χ3n) is 8.36. The lowest BCUT2D eigenvalue weighted by Gasteiger charge is -2.39. The minimum atomic E-state index is -3.54. The average Bonchev–Trinajstić information content (AvgIpc) is 3.23. The van der Waals surface area contributed by atoms with Crippen LogP contribution in [0.2, 0.25) is 5.02 Å². The fraction of sp³-hybridized carbons (Fsp3) is 0.484. The van der Waals surface area contributed by atoms with Gasteiger partial charge in [0.05, 0.1) is 43.7 Å². The van der Waals surface area contributed by atoms with Crippen molar-refractivity contribution in [1.82, 2.24) is 19.8 Å². The molecule has 244 valence electrons. The number of likely N-dealkylation sites (N-methyl/N-ethyl adjacent to an activating group) is 1. The monoisotopic (exact) mass is 658 g/mol. The van der Waals surface area contributed by atoms with E-state index in [1.807, 2.05) is 6.07 Å². The van der Waals surface area contributed by atoms with Crippen molar-refractivity contribution in [1.29, 1.82) is 0 Å². The molecule has 12 nitrogen and oxygen atoms in total. The molecule has 0 aliphatic carbocycles. The van der Waals surface area contributed by atoms with Crippen LogP contribution in [0.15, 0.2) is 36.5 Å². The summed E-state index contributed by atoms with van der Waals surface area (Å²) in [5, 5.41) is 6.64. The molecule has 2 aromatic carbocycles. The summed E-state index contributed by atoms with van der Waals surface area (Å²) in [6, 6.07) is 9.67. The SMILES string of the molecule is COc1ccc(NS(C)(=O)=O)c(Nc2nc(Nc3cc(C)c(N4CCC(N5CCCN(C)CC5)CC4)cc3OC)ncc2Cl)c1. The number of sulfonamides is 1. The summed E-state index contributed by atoms with van der Waals surface area (Å²) in [5.41, 5.74) is 3.73. The molecule has 2 fully saturated rings. The first-order chi connectivity index (χ1) is 21.5. The number of hydrogen-bond acceptors (Lipinski definition) is 11. The summed E-state index contributed by atoms with van der Waals surface area (Å²) < 4.78 is 37.5. The number of benzene rings is 2. The third kappa shape index (κ3) is 8.40. The van der Waals surface area contributed by atoms with Gasteiger partial charge in [0, 0.05) is 50.0 Å². The van der Waals surface area contributed by atoms with Crippen LogP contribution in [0.25, 0.3) is 0 Å². The first-order valence-electron chi connectivity index (χ1n) is 15.1. The maximum atomic E-state index is 11.9. The highest BCUT2D eigenvalue weighted by atomic mass is 35.5. The fourth-order valence-electron chi connectivity index (χ4n) is 5.99. The van der Waals surface area contributed by atoms with Crippen LogP contribution in [-0.2, 0) is 10.0 Å². The first kappa shape index (κ1) is 32.9. The Kier molecular flexibility index (Phi) is 10.4. The Morgan fingerprint density at radius 1 is 0.933 bits per heavy atom. The highest BCUT2D eigenvalue weighted by Gasteiger charge is 2.27. The summed E-state index contributed by atoms with van der Waals surface area (Å²) in [6.45, 7) is 8.77. The molecule has 0 radical (unpaired) electrons. The summed E-state index contributed by atoms with van der Waals surface area (Å²) in [4.78, 5) is 16.5. The van der Waals surface area contributed by atoms with Gasteiger partial charge in [-0.15, -0.1) is 0 Å². The Labute approximate surface area is 271 Å². The highest BCUT2D eigenvalue weighted by molar-refractivity contribution is 7.92. The number of aryl methyl sites for hydroxylation is 1. The van der Waals surface area contributed by atoms with E-state index in [4.69, 9.17) is 21.1 Å². The maximum absolute atomic E-state index is 11.9. The molecular weight excluding hydrogens is 616 g/mol. The Bertz CT molecular complexity index is 1600. The van der Waals surface area contributed by atoms with Crippen LogP contribution in [0.4, 0.5) is 34.5 Å². The molecule has 0 bridgehead atoms. The topological polar surface area (TPSA) is 124 Å².